The zero-order valence-corrected chi connectivity index (χ0v) is 13.8. The highest BCUT2D eigenvalue weighted by molar-refractivity contribution is 5.90. The number of rotatable bonds is 3. The number of ether oxygens (including phenoxy) is 1. The number of hydrogen-bond acceptors (Lipinski definition) is 6. The average molecular weight is 342 g/mol. The van der Waals surface area contributed by atoms with Gasteiger partial charge < -0.3 is 20.0 Å². The molecule has 0 saturated heterocycles. The predicted octanol–water partition coefficient (Wildman–Crippen LogP) is 2.18. The summed E-state index contributed by atoms with van der Waals surface area (Å²) < 4.78 is 6.70. The number of pyridine rings is 2. The number of carbonyl (C=O) groups excluding carboxylic acids is 1. The number of carboxylic acids is 1. The number of anilines is 1. The van der Waals surface area contributed by atoms with Crippen molar-refractivity contribution in [3.05, 3.63) is 59.8 Å². The third-order valence-corrected chi connectivity index (χ3v) is 3.27. The van der Waals surface area contributed by atoms with E-state index in [1.165, 1.54) is 12.3 Å². The van der Waals surface area contributed by atoms with Gasteiger partial charge >= 0.3 is 11.9 Å². The number of carboxylic acid groups (broad SMARTS) is 1. The monoisotopic (exact) mass is 342 g/mol. The van der Waals surface area contributed by atoms with E-state index in [1.54, 1.807) is 29.5 Å². The number of esters is 1. The molecule has 0 saturated carbocycles. The standard InChI is InChI=1S/C11H13N3O2.C6H5NO2/c1-3-16-11(15)9-7(2)14-6-4-5-8(12)10(14)13-9;8-6(9)5-3-1-2-4-7-5/h4-6H,3,12H2,1-2H3;1-4H,(H,8,9). The second-order valence-corrected chi connectivity index (χ2v) is 4.94. The maximum absolute atomic E-state index is 11.6. The number of carbonyl (C=O) groups is 2. The Morgan fingerprint density at radius 2 is 2.04 bits per heavy atom. The molecule has 0 bridgehead atoms. The van der Waals surface area contributed by atoms with E-state index in [0.717, 1.165) is 5.69 Å². The van der Waals surface area contributed by atoms with Gasteiger partial charge in [-0.2, -0.15) is 0 Å². The van der Waals surface area contributed by atoms with E-state index in [4.69, 9.17) is 15.6 Å². The molecule has 3 rings (SSSR count). The molecule has 0 aliphatic carbocycles. The molecule has 0 aliphatic rings. The predicted molar refractivity (Wildman–Crippen MR) is 91.5 cm³/mol. The van der Waals surface area contributed by atoms with Crippen LogP contribution < -0.4 is 5.73 Å². The van der Waals surface area contributed by atoms with E-state index in [9.17, 15) is 9.59 Å². The van der Waals surface area contributed by atoms with Crippen LogP contribution in [0.25, 0.3) is 5.65 Å². The molecular weight excluding hydrogens is 324 g/mol. The van der Waals surface area contributed by atoms with Crippen LogP contribution >= 0.6 is 0 Å². The van der Waals surface area contributed by atoms with E-state index in [-0.39, 0.29) is 5.69 Å². The van der Waals surface area contributed by atoms with Gasteiger partial charge in [0.2, 0.25) is 0 Å². The fraction of sp³-hybridized carbons (Fsp3) is 0.176. The lowest BCUT2D eigenvalue weighted by Gasteiger charge is -1.99. The summed E-state index contributed by atoms with van der Waals surface area (Å²) >= 11 is 0. The van der Waals surface area contributed by atoms with E-state index in [0.29, 0.717) is 23.6 Å². The first kappa shape index (κ1) is 17.9. The van der Waals surface area contributed by atoms with Crippen molar-refractivity contribution in [2.75, 3.05) is 12.3 Å². The molecule has 8 heteroatoms. The lowest BCUT2D eigenvalue weighted by Crippen LogP contribution is -2.06. The Labute approximate surface area is 143 Å². The Kier molecular flexibility index (Phi) is 5.67. The molecule has 0 fully saturated rings. The summed E-state index contributed by atoms with van der Waals surface area (Å²) in [7, 11) is 0. The SMILES string of the molecule is CCOC(=O)c1nc2c(N)cccn2c1C.O=C(O)c1ccccn1. The number of fused-ring (bicyclic) bond motifs is 1. The van der Waals surface area contributed by atoms with Gasteiger partial charge in [0.05, 0.1) is 18.0 Å². The maximum Gasteiger partial charge on any atom is 0.358 e. The highest BCUT2D eigenvalue weighted by atomic mass is 16.5. The van der Waals surface area contributed by atoms with Crippen LogP contribution in [0.15, 0.2) is 42.7 Å². The highest BCUT2D eigenvalue weighted by Gasteiger charge is 2.17. The summed E-state index contributed by atoms with van der Waals surface area (Å²) in [5.41, 5.74) is 8.04. The molecule has 25 heavy (non-hydrogen) atoms. The zero-order chi connectivity index (χ0) is 18.4. The quantitative estimate of drug-likeness (QED) is 0.700. The van der Waals surface area contributed by atoms with Gasteiger partial charge in [-0.15, -0.1) is 0 Å². The summed E-state index contributed by atoms with van der Waals surface area (Å²) in [6, 6.07) is 8.31. The molecule has 0 radical (unpaired) electrons. The molecule has 3 N–H and O–H groups in total. The summed E-state index contributed by atoms with van der Waals surface area (Å²) in [6.45, 7) is 3.91. The molecule has 3 aromatic heterocycles. The summed E-state index contributed by atoms with van der Waals surface area (Å²) in [5.74, 6) is -1.40. The molecule has 0 unspecified atom stereocenters. The molecule has 0 aromatic carbocycles. The third kappa shape index (κ3) is 4.11. The van der Waals surface area contributed by atoms with E-state index >= 15 is 0 Å². The Hall–Kier alpha value is -3.42. The molecule has 130 valence electrons. The number of nitrogen functional groups attached to an aromatic ring is 1. The summed E-state index contributed by atoms with van der Waals surface area (Å²) in [5, 5.41) is 8.32. The maximum atomic E-state index is 11.6. The molecule has 0 spiro atoms. The topological polar surface area (TPSA) is 120 Å². The number of aryl methyl sites for hydroxylation is 1. The summed E-state index contributed by atoms with van der Waals surface area (Å²) in [4.78, 5) is 29.5. The van der Waals surface area contributed by atoms with Crippen molar-refractivity contribution >= 4 is 23.3 Å². The van der Waals surface area contributed by atoms with Crippen LogP contribution in [0.2, 0.25) is 0 Å². The normalized spacial score (nSPS) is 10.0. The first-order chi connectivity index (χ1) is 12.0. The van der Waals surface area contributed by atoms with Crippen LogP contribution in [0.4, 0.5) is 5.69 Å². The van der Waals surface area contributed by atoms with Crippen LogP contribution in [0.5, 0.6) is 0 Å². The van der Waals surface area contributed by atoms with Gasteiger partial charge in [-0.1, -0.05) is 6.07 Å². The van der Waals surface area contributed by atoms with Gasteiger partial charge in [-0.25, -0.2) is 19.6 Å². The molecule has 8 nitrogen and oxygen atoms in total. The average Bonchev–Trinajstić information content (AvgIpc) is 2.95. The summed E-state index contributed by atoms with van der Waals surface area (Å²) in [6.07, 6.45) is 3.26. The highest BCUT2D eigenvalue weighted by Crippen LogP contribution is 2.17. The molecular formula is C17H18N4O4. The molecule has 0 aliphatic heterocycles. The Balaban J connectivity index is 0.000000212. The molecule has 0 amide bonds. The minimum Gasteiger partial charge on any atom is -0.477 e. The second kappa shape index (κ2) is 7.91. The van der Waals surface area contributed by atoms with Gasteiger partial charge in [0, 0.05) is 12.4 Å². The van der Waals surface area contributed by atoms with Crippen molar-refractivity contribution in [3.63, 3.8) is 0 Å². The van der Waals surface area contributed by atoms with Crippen LogP contribution in [0, 0.1) is 6.92 Å². The number of nitrogens with two attached hydrogens (primary N) is 1. The van der Waals surface area contributed by atoms with Crippen LogP contribution in [-0.4, -0.2) is 38.0 Å². The Morgan fingerprint density at radius 1 is 1.28 bits per heavy atom. The van der Waals surface area contributed by atoms with Gasteiger partial charge in [0.1, 0.15) is 5.69 Å². The van der Waals surface area contributed by atoms with Gasteiger partial charge in [0.25, 0.3) is 0 Å². The van der Waals surface area contributed by atoms with Crippen molar-refractivity contribution in [2.24, 2.45) is 0 Å². The first-order valence-electron chi connectivity index (χ1n) is 7.50. The van der Waals surface area contributed by atoms with Crippen molar-refractivity contribution in [1.29, 1.82) is 0 Å². The Morgan fingerprint density at radius 3 is 2.56 bits per heavy atom. The fourth-order valence-corrected chi connectivity index (χ4v) is 2.09. The second-order valence-electron chi connectivity index (χ2n) is 4.94. The van der Waals surface area contributed by atoms with Crippen molar-refractivity contribution in [3.8, 4) is 0 Å². The lowest BCUT2D eigenvalue weighted by atomic mass is 10.3. The van der Waals surface area contributed by atoms with Gasteiger partial charge in [0.15, 0.2) is 11.3 Å². The molecule has 0 atom stereocenters. The molecule has 3 aromatic rings. The third-order valence-electron chi connectivity index (χ3n) is 3.27. The number of imidazole rings is 1. The first-order valence-corrected chi connectivity index (χ1v) is 7.50. The smallest absolute Gasteiger partial charge is 0.358 e. The molecule has 3 heterocycles. The van der Waals surface area contributed by atoms with Crippen LogP contribution in [0.1, 0.15) is 33.6 Å². The van der Waals surface area contributed by atoms with E-state index in [2.05, 4.69) is 9.97 Å². The van der Waals surface area contributed by atoms with Crippen molar-refractivity contribution in [1.82, 2.24) is 14.4 Å². The van der Waals surface area contributed by atoms with Gasteiger partial charge in [-0.05, 0) is 38.1 Å². The number of nitrogens with zero attached hydrogens (tertiary/aromatic N) is 3. The number of aromatic nitrogens is 3. The number of aromatic carboxylic acids is 1. The van der Waals surface area contributed by atoms with E-state index < -0.39 is 11.9 Å². The van der Waals surface area contributed by atoms with Gasteiger partial charge in [-0.3, -0.25) is 0 Å². The number of hydrogen-bond donors (Lipinski definition) is 2. The van der Waals surface area contributed by atoms with E-state index in [1.807, 2.05) is 19.2 Å². The lowest BCUT2D eigenvalue weighted by molar-refractivity contribution is 0.0518. The van der Waals surface area contributed by atoms with Crippen molar-refractivity contribution in [2.45, 2.75) is 13.8 Å². The van der Waals surface area contributed by atoms with Crippen LogP contribution in [0.3, 0.4) is 0 Å². The minimum atomic E-state index is -0.990. The minimum absolute atomic E-state index is 0.0810. The largest absolute Gasteiger partial charge is 0.477 e. The van der Waals surface area contributed by atoms with Crippen LogP contribution in [-0.2, 0) is 4.74 Å². The van der Waals surface area contributed by atoms with Crippen molar-refractivity contribution < 1.29 is 19.4 Å². The zero-order valence-electron chi connectivity index (χ0n) is 13.8. The Bertz CT molecular complexity index is 890. The fourth-order valence-electron chi connectivity index (χ4n) is 2.09.